The maximum atomic E-state index is 12.6. The summed E-state index contributed by atoms with van der Waals surface area (Å²) in [6.45, 7) is 3.57. The Kier molecular flexibility index (Phi) is 4.89. The molecule has 2 unspecified atom stereocenters. The van der Waals surface area contributed by atoms with E-state index < -0.39 is 0 Å². The SMILES string of the molecule is O=c1ccc(C2CCCCC2)c2n1CC1CC2CN(Cc2ccc(CO)o2)C1. The van der Waals surface area contributed by atoms with Crippen LogP contribution in [0.4, 0.5) is 0 Å². The molecule has 150 valence electrons. The van der Waals surface area contributed by atoms with Gasteiger partial charge in [-0.2, -0.15) is 0 Å². The van der Waals surface area contributed by atoms with Gasteiger partial charge in [-0.3, -0.25) is 9.69 Å². The van der Waals surface area contributed by atoms with E-state index >= 15 is 0 Å². The molecule has 0 radical (unpaired) electrons. The molecule has 0 aromatic carbocycles. The molecule has 2 aromatic rings. The standard InChI is InChI=1S/C23H30N2O3/c26-15-20-7-6-19(28-20)14-24-11-16-10-18(13-24)23-21(17-4-2-1-3-5-17)8-9-22(27)25(23)12-16/h6-9,16-18,26H,1-5,10-15H2. The van der Waals surface area contributed by atoms with E-state index in [4.69, 9.17) is 4.42 Å². The predicted octanol–water partition coefficient (Wildman–Crippen LogP) is 3.60. The van der Waals surface area contributed by atoms with Crippen molar-refractivity contribution in [1.82, 2.24) is 9.47 Å². The zero-order valence-corrected chi connectivity index (χ0v) is 16.5. The lowest BCUT2D eigenvalue weighted by Crippen LogP contribution is -2.47. The van der Waals surface area contributed by atoms with Gasteiger partial charge in [-0.15, -0.1) is 0 Å². The van der Waals surface area contributed by atoms with E-state index in [0.29, 0.717) is 23.5 Å². The highest BCUT2D eigenvalue weighted by molar-refractivity contribution is 5.31. The summed E-state index contributed by atoms with van der Waals surface area (Å²) in [5.74, 6) is 3.13. The monoisotopic (exact) mass is 382 g/mol. The number of furan rings is 1. The second-order valence-electron chi connectivity index (χ2n) is 8.98. The van der Waals surface area contributed by atoms with Crippen LogP contribution in [0.25, 0.3) is 0 Å². The van der Waals surface area contributed by atoms with Gasteiger partial charge in [0.1, 0.15) is 18.1 Å². The van der Waals surface area contributed by atoms with Crippen molar-refractivity contribution in [3.05, 3.63) is 57.4 Å². The van der Waals surface area contributed by atoms with Crippen LogP contribution in [0.5, 0.6) is 0 Å². The molecule has 28 heavy (non-hydrogen) atoms. The molecule has 0 spiro atoms. The lowest BCUT2D eigenvalue weighted by atomic mass is 9.76. The molecular formula is C23H30N2O3. The average molecular weight is 383 g/mol. The minimum atomic E-state index is -0.0493. The number of nitrogens with zero attached hydrogens (tertiary/aromatic N) is 2. The van der Waals surface area contributed by atoms with E-state index in [2.05, 4.69) is 15.5 Å². The van der Waals surface area contributed by atoms with Crippen molar-refractivity contribution in [2.24, 2.45) is 5.92 Å². The van der Waals surface area contributed by atoms with Crippen molar-refractivity contribution in [1.29, 1.82) is 0 Å². The molecule has 1 saturated heterocycles. The minimum absolute atomic E-state index is 0.0493. The van der Waals surface area contributed by atoms with Crippen LogP contribution in [-0.4, -0.2) is 27.7 Å². The summed E-state index contributed by atoms with van der Waals surface area (Å²) >= 11 is 0. The Morgan fingerprint density at radius 3 is 2.57 bits per heavy atom. The molecule has 3 aliphatic rings. The molecule has 2 atom stereocenters. The third-order valence-corrected chi connectivity index (χ3v) is 7.00. The van der Waals surface area contributed by atoms with Crippen LogP contribution in [-0.2, 0) is 19.7 Å². The number of rotatable bonds is 4. The Labute approximate surface area is 166 Å². The highest BCUT2D eigenvalue weighted by atomic mass is 16.4. The van der Waals surface area contributed by atoms with Crippen molar-refractivity contribution in [3.63, 3.8) is 0 Å². The molecule has 5 rings (SSSR count). The fraction of sp³-hybridized carbons (Fsp3) is 0.609. The third-order valence-electron chi connectivity index (χ3n) is 7.00. The lowest BCUT2D eigenvalue weighted by Gasteiger charge is -2.44. The first-order valence-electron chi connectivity index (χ1n) is 10.9. The fourth-order valence-electron chi connectivity index (χ4n) is 5.85. The van der Waals surface area contributed by atoms with Gasteiger partial charge in [0, 0.05) is 37.3 Å². The largest absolute Gasteiger partial charge is 0.462 e. The number of piperidine rings is 1. The van der Waals surface area contributed by atoms with Crippen LogP contribution >= 0.6 is 0 Å². The van der Waals surface area contributed by atoms with Crippen LogP contribution < -0.4 is 5.56 Å². The van der Waals surface area contributed by atoms with Crippen LogP contribution in [0, 0.1) is 5.92 Å². The second-order valence-corrected chi connectivity index (χ2v) is 8.98. The summed E-state index contributed by atoms with van der Waals surface area (Å²) in [4.78, 5) is 15.1. The quantitative estimate of drug-likeness (QED) is 0.878. The number of aliphatic hydroxyl groups is 1. The zero-order chi connectivity index (χ0) is 19.1. The van der Waals surface area contributed by atoms with Crippen LogP contribution in [0.2, 0.25) is 0 Å². The van der Waals surface area contributed by atoms with Gasteiger partial charge in [-0.25, -0.2) is 0 Å². The van der Waals surface area contributed by atoms with Gasteiger partial charge in [-0.1, -0.05) is 25.3 Å². The van der Waals surface area contributed by atoms with Crippen molar-refractivity contribution >= 4 is 0 Å². The van der Waals surface area contributed by atoms with Gasteiger partial charge in [0.15, 0.2) is 0 Å². The predicted molar refractivity (Wildman–Crippen MR) is 107 cm³/mol. The Morgan fingerprint density at radius 1 is 0.964 bits per heavy atom. The molecule has 1 aliphatic carbocycles. The summed E-state index contributed by atoms with van der Waals surface area (Å²) in [6, 6.07) is 7.78. The molecule has 1 saturated carbocycles. The minimum Gasteiger partial charge on any atom is -0.462 e. The number of aromatic nitrogens is 1. The first kappa shape index (κ1) is 18.2. The topological polar surface area (TPSA) is 58.6 Å². The first-order valence-corrected chi connectivity index (χ1v) is 10.9. The third kappa shape index (κ3) is 3.35. The first-order chi connectivity index (χ1) is 13.7. The highest BCUT2D eigenvalue weighted by Crippen LogP contribution is 2.42. The van der Waals surface area contributed by atoms with E-state index in [1.165, 1.54) is 49.8 Å². The van der Waals surface area contributed by atoms with Gasteiger partial charge >= 0.3 is 0 Å². The molecule has 2 aromatic heterocycles. The van der Waals surface area contributed by atoms with Crippen LogP contribution in [0.1, 0.15) is 73.1 Å². The average Bonchev–Trinajstić information content (AvgIpc) is 3.17. The number of fused-ring (bicyclic) bond motifs is 4. The summed E-state index contributed by atoms with van der Waals surface area (Å²) in [5.41, 5.74) is 2.96. The van der Waals surface area contributed by atoms with Gasteiger partial charge in [0.2, 0.25) is 0 Å². The Morgan fingerprint density at radius 2 is 1.79 bits per heavy atom. The van der Waals surface area contributed by atoms with E-state index in [-0.39, 0.29) is 12.2 Å². The van der Waals surface area contributed by atoms with Crippen molar-refractivity contribution in [3.8, 4) is 0 Å². The van der Waals surface area contributed by atoms with Gasteiger partial charge in [-0.05, 0) is 48.8 Å². The molecule has 1 N–H and O–H groups in total. The van der Waals surface area contributed by atoms with Crippen molar-refractivity contribution in [2.75, 3.05) is 13.1 Å². The summed E-state index contributed by atoms with van der Waals surface area (Å²) in [5, 5.41) is 9.24. The number of likely N-dealkylation sites (tertiary alicyclic amines) is 1. The molecule has 5 heteroatoms. The van der Waals surface area contributed by atoms with Gasteiger partial charge < -0.3 is 14.1 Å². The molecule has 0 amide bonds. The molecule has 2 aliphatic heterocycles. The van der Waals surface area contributed by atoms with E-state index in [1.807, 2.05) is 18.2 Å². The number of aliphatic hydroxyl groups excluding tert-OH is 1. The molecule has 5 nitrogen and oxygen atoms in total. The normalized spacial score (nSPS) is 25.6. The number of hydrogen-bond donors (Lipinski definition) is 1. The summed E-state index contributed by atoms with van der Waals surface area (Å²) in [6.07, 6.45) is 7.70. The van der Waals surface area contributed by atoms with Crippen molar-refractivity contribution in [2.45, 2.75) is 70.1 Å². The molecule has 4 heterocycles. The highest BCUT2D eigenvalue weighted by Gasteiger charge is 2.37. The number of pyridine rings is 1. The molecule has 2 fully saturated rings. The maximum absolute atomic E-state index is 12.6. The Hall–Kier alpha value is -1.85. The van der Waals surface area contributed by atoms with Crippen LogP contribution in [0.3, 0.4) is 0 Å². The van der Waals surface area contributed by atoms with Crippen molar-refractivity contribution < 1.29 is 9.52 Å². The maximum Gasteiger partial charge on any atom is 0.250 e. The summed E-state index contributed by atoms with van der Waals surface area (Å²) < 4.78 is 7.83. The van der Waals surface area contributed by atoms with Gasteiger partial charge in [0.25, 0.3) is 5.56 Å². The van der Waals surface area contributed by atoms with Crippen LogP contribution in [0.15, 0.2) is 33.5 Å². The molecule has 2 bridgehead atoms. The van der Waals surface area contributed by atoms with E-state index in [9.17, 15) is 9.90 Å². The fourth-order valence-corrected chi connectivity index (χ4v) is 5.85. The van der Waals surface area contributed by atoms with Gasteiger partial charge in [0.05, 0.1) is 6.54 Å². The molecular weight excluding hydrogens is 352 g/mol. The zero-order valence-electron chi connectivity index (χ0n) is 16.5. The Bertz CT molecular complexity index is 893. The second kappa shape index (κ2) is 7.53. The number of hydrogen-bond acceptors (Lipinski definition) is 4. The van der Waals surface area contributed by atoms with E-state index in [0.717, 1.165) is 31.9 Å². The Balaban J connectivity index is 1.43. The summed E-state index contributed by atoms with van der Waals surface area (Å²) in [7, 11) is 0. The van der Waals surface area contributed by atoms with E-state index in [1.54, 1.807) is 0 Å². The smallest absolute Gasteiger partial charge is 0.250 e. The lowest BCUT2D eigenvalue weighted by molar-refractivity contribution is 0.105.